The van der Waals surface area contributed by atoms with E-state index in [4.69, 9.17) is 28.2 Å². The summed E-state index contributed by atoms with van der Waals surface area (Å²) in [5, 5.41) is 14.9. The fourth-order valence-electron chi connectivity index (χ4n) is 6.80. The van der Waals surface area contributed by atoms with Gasteiger partial charge < -0.3 is 33.1 Å². The molecule has 1 saturated heterocycles. The summed E-state index contributed by atoms with van der Waals surface area (Å²) in [7, 11) is 4.04. The van der Waals surface area contributed by atoms with Crippen LogP contribution in [0.3, 0.4) is 0 Å². The molecule has 272 valence electrons. The van der Waals surface area contributed by atoms with Crippen LogP contribution >= 0.6 is 0 Å². The van der Waals surface area contributed by atoms with Crippen molar-refractivity contribution in [3.63, 3.8) is 0 Å². The Bertz CT molecular complexity index is 2020. The summed E-state index contributed by atoms with van der Waals surface area (Å²) in [6.45, 7) is 4.46. The van der Waals surface area contributed by atoms with Gasteiger partial charge in [-0.3, -0.25) is 9.47 Å². The third-order valence-corrected chi connectivity index (χ3v) is 9.67. The van der Waals surface area contributed by atoms with Crippen molar-refractivity contribution in [2.75, 3.05) is 33.8 Å². The number of carbonyl (C=O) groups is 4. The first kappa shape index (κ1) is 35.0. The maximum atomic E-state index is 12.8. The van der Waals surface area contributed by atoms with Crippen LogP contribution in [0.15, 0.2) is 40.5 Å². The van der Waals surface area contributed by atoms with Crippen LogP contribution in [0.5, 0.6) is 23.1 Å². The van der Waals surface area contributed by atoms with Crippen LogP contribution in [-0.4, -0.2) is 77.2 Å². The lowest BCUT2D eigenvalue weighted by Crippen LogP contribution is -2.34. The Hall–Kier alpha value is -5.46. The summed E-state index contributed by atoms with van der Waals surface area (Å²) >= 11 is 0. The number of nitrogens with zero attached hydrogens (tertiary/aromatic N) is 5. The van der Waals surface area contributed by atoms with Gasteiger partial charge in [0, 0.05) is 36.7 Å². The van der Waals surface area contributed by atoms with E-state index in [0.717, 1.165) is 72.4 Å². The second-order valence-electron chi connectivity index (χ2n) is 13.8. The number of carbonyl (C=O) groups excluding carboxylic acids is 4. The van der Waals surface area contributed by atoms with Crippen LogP contribution in [0.25, 0.3) is 11.0 Å². The maximum absolute atomic E-state index is 12.8. The third kappa shape index (κ3) is 7.44. The number of hydrogen-bond acceptors (Lipinski definition) is 14. The molecule has 52 heavy (non-hydrogen) atoms. The molecule has 1 atom stereocenters. The van der Waals surface area contributed by atoms with Gasteiger partial charge in [0.2, 0.25) is 5.75 Å². The van der Waals surface area contributed by atoms with E-state index >= 15 is 0 Å². The van der Waals surface area contributed by atoms with E-state index in [9.17, 15) is 24.4 Å². The van der Waals surface area contributed by atoms with Crippen LogP contribution in [-0.2, 0) is 43.4 Å². The van der Waals surface area contributed by atoms with Crippen molar-refractivity contribution in [3.8, 4) is 29.2 Å². The Morgan fingerprint density at radius 2 is 1.71 bits per heavy atom. The zero-order chi connectivity index (χ0) is 36.5. The maximum Gasteiger partial charge on any atom is 0.355 e. The Kier molecular flexibility index (Phi) is 9.85. The van der Waals surface area contributed by atoms with Crippen LogP contribution < -0.4 is 18.9 Å². The van der Waals surface area contributed by atoms with E-state index in [-0.39, 0.29) is 29.6 Å². The smallest absolute Gasteiger partial charge is 0.355 e. The Morgan fingerprint density at radius 1 is 0.962 bits per heavy atom. The van der Waals surface area contributed by atoms with Crippen molar-refractivity contribution in [1.29, 1.82) is 5.26 Å². The first-order valence-corrected chi connectivity index (χ1v) is 17.4. The van der Waals surface area contributed by atoms with E-state index in [0.29, 0.717) is 37.5 Å². The monoisotopic (exact) mass is 713 g/mol. The van der Waals surface area contributed by atoms with Gasteiger partial charge in [-0.1, -0.05) is 5.16 Å². The van der Waals surface area contributed by atoms with E-state index in [1.807, 2.05) is 26.2 Å². The second kappa shape index (κ2) is 14.6. The van der Waals surface area contributed by atoms with Gasteiger partial charge >= 0.3 is 23.9 Å². The summed E-state index contributed by atoms with van der Waals surface area (Å²) in [5.74, 6) is -2.86. The molecule has 15 heteroatoms. The molecule has 3 aromatic rings. The number of fused-ring (bicyclic) bond motifs is 6. The topological polar surface area (TPSA) is 176 Å². The van der Waals surface area contributed by atoms with Crippen molar-refractivity contribution in [2.24, 2.45) is 11.8 Å². The quantitative estimate of drug-likeness (QED) is 0.274. The van der Waals surface area contributed by atoms with Crippen molar-refractivity contribution < 1.29 is 47.4 Å². The van der Waals surface area contributed by atoms with Gasteiger partial charge in [-0.05, 0) is 96.6 Å². The zero-order valence-electron chi connectivity index (χ0n) is 29.2. The van der Waals surface area contributed by atoms with Crippen molar-refractivity contribution in [2.45, 2.75) is 64.8 Å². The fraction of sp³-hybridized carbons (Fsp3) is 0.459. The molecular formula is C37H39N5O10. The van der Waals surface area contributed by atoms with Crippen LogP contribution in [0.4, 0.5) is 0 Å². The largest absolute Gasteiger partial charge is 0.493 e. The highest BCUT2D eigenvalue weighted by Crippen LogP contribution is 2.48. The minimum Gasteiger partial charge on any atom is -0.493 e. The number of likely N-dealkylation sites (tertiary alicyclic amines) is 1. The highest BCUT2D eigenvalue weighted by molar-refractivity contribution is 6.02. The molecule has 2 bridgehead atoms. The molecule has 0 amide bonds. The zero-order valence-corrected chi connectivity index (χ0v) is 29.2. The number of aromatic nitrogens is 2. The van der Waals surface area contributed by atoms with Crippen molar-refractivity contribution in [3.05, 3.63) is 52.9 Å². The molecule has 0 N–H and O–H groups in total. The molecular weight excluding hydrogens is 674 g/mol. The Morgan fingerprint density at radius 3 is 2.44 bits per heavy atom. The van der Waals surface area contributed by atoms with E-state index < -0.39 is 35.7 Å². The molecule has 0 spiro atoms. The molecule has 7 rings (SSSR count). The van der Waals surface area contributed by atoms with Gasteiger partial charge in [0.05, 0.1) is 23.6 Å². The standard InChI is InChI=1S/C37H39N5O10/c1-21-42-28(34(49-31(44)11-10-30(43)48-21)35-36(42)51-37(46)24(17-38)16-32(45)50-35)19-41-14-12-22(13-15-41)6-8-27-25-7-9-29(47-20-23-4-5-23)26(18-40(2)3)33(25)52-39-27/h7,9-11,16,21-23H,4-6,8,12-15,18-20H2,1-3H3/b11-10+,24-16+. The Balaban J connectivity index is 1.07. The number of aryl methyl sites for hydroxylation is 1. The minimum atomic E-state index is -1.12. The highest BCUT2D eigenvalue weighted by Gasteiger charge is 2.38. The number of rotatable bonds is 10. The molecule has 2 aromatic heterocycles. The number of nitriles is 1. The molecule has 1 saturated carbocycles. The third-order valence-electron chi connectivity index (χ3n) is 9.67. The van der Waals surface area contributed by atoms with Crippen LogP contribution in [0, 0.1) is 23.2 Å². The molecule has 0 radical (unpaired) electrons. The molecule has 1 aliphatic carbocycles. The van der Waals surface area contributed by atoms with E-state index in [1.54, 1.807) is 6.07 Å². The SMILES string of the molecule is CC1OC(=O)/C=C/C(=O)Oc2c3c(n1c2CN1CCC(CCc2noc4c(CN(C)C)c(OCC5CC5)ccc24)CC1)OC(=O)/C(C#N)=C/C(=O)O3. The predicted molar refractivity (Wildman–Crippen MR) is 181 cm³/mol. The average Bonchev–Trinajstić information content (AvgIpc) is 3.79. The first-order chi connectivity index (χ1) is 25.1. The molecule has 4 aliphatic rings. The molecule has 1 aromatic carbocycles. The fourth-order valence-corrected chi connectivity index (χ4v) is 6.80. The summed E-state index contributed by atoms with van der Waals surface area (Å²) in [5.41, 5.74) is 2.40. The Labute approximate surface area is 299 Å². The van der Waals surface area contributed by atoms with Gasteiger partial charge in [-0.2, -0.15) is 5.26 Å². The van der Waals surface area contributed by atoms with Crippen molar-refractivity contribution >= 4 is 34.8 Å². The number of benzene rings is 1. The lowest BCUT2D eigenvalue weighted by atomic mass is 9.91. The number of cyclic esters (lactones) is 1. The van der Waals surface area contributed by atoms with Crippen molar-refractivity contribution in [1.82, 2.24) is 19.5 Å². The number of hydrogen-bond donors (Lipinski definition) is 0. The van der Waals surface area contributed by atoms with E-state index in [2.05, 4.69) is 15.0 Å². The highest BCUT2D eigenvalue weighted by atomic mass is 16.6. The van der Waals surface area contributed by atoms with E-state index in [1.165, 1.54) is 24.3 Å². The van der Waals surface area contributed by atoms with Crippen LogP contribution in [0.2, 0.25) is 0 Å². The molecule has 1 unspecified atom stereocenters. The summed E-state index contributed by atoms with van der Waals surface area (Å²) in [4.78, 5) is 54.9. The summed E-state index contributed by atoms with van der Waals surface area (Å²) in [6.07, 6.45) is 7.24. The number of esters is 4. The normalized spacial score (nSPS) is 21.5. The minimum absolute atomic E-state index is 0.154. The molecule has 2 fully saturated rings. The number of ether oxygens (including phenoxy) is 5. The lowest BCUT2D eigenvalue weighted by molar-refractivity contribution is -0.147. The first-order valence-electron chi connectivity index (χ1n) is 17.4. The van der Waals surface area contributed by atoms with Gasteiger partial charge in [0.15, 0.2) is 17.6 Å². The van der Waals surface area contributed by atoms with Gasteiger partial charge in [-0.25, -0.2) is 19.2 Å². The molecule has 3 aliphatic heterocycles. The van der Waals surface area contributed by atoms with Crippen LogP contribution in [0.1, 0.15) is 62.2 Å². The predicted octanol–water partition coefficient (Wildman–Crippen LogP) is 4.14. The van der Waals surface area contributed by atoms with Gasteiger partial charge in [-0.15, -0.1) is 0 Å². The number of piperidine rings is 1. The second-order valence-corrected chi connectivity index (χ2v) is 13.8. The lowest BCUT2D eigenvalue weighted by Gasteiger charge is -2.32. The molecule has 5 heterocycles. The molecule has 15 nitrogen and oxygen atoms in total. The van der Waals surface area contributed by atoms with Gasteiger partial charge in [0.25, 0.3) is 5.88 Å². The van der Waals surface area contributed by atoms with Gasteiger partial charge in [0.1, 0.15) is 17.4 Å². The summed E-state index contributed by atoms with van der Waals surface area (Å²) < 4.78 is 35.5. The summed E-state index contributed by atoms with van der Waals surface area (Å²) in [6, 6.07) is 5.70. The average molecular weight is 714 g/mol.